The second-order valence-corrected chi connectivity index (χ2v) is 9.32. The molecular formula is C26H31N5OS. The smallest absolute Gasteiger partial charge is 0.127 e. The Kier molecular flexibility index (Phi) is 9.58. The SMILES string of the molecule is C#Cc1ccc(CNC2CCN(S(=O)c3ccc(NC/N=C\C=C(\C)N=C)cc3)CC2)cc1. The van der Waals surface area contributed by atoms with Crippen molar-refractivity contribution in [3.8, 4) is 12.3 Å². The first-order chi connectivity index (χ1) is 16.1. The van der Waals surface area contributed by atoms with Crippen molar-refractivity contribution in [2.45, 2.75) is 37.2 Å². The van der Waals surface area contributed by atoms with Crippen LogP contribution in [-0.2, 0) is 17.5 Å². The first-order valence-corrected chi connectivity index (χ1v) is 12.1. The van der Waals surface area contributed by atoms with E-state index in [2.05, 4.69) is 49.7 Å². The quantitative estimate of drug-likeness (QED) is 0.415. The maximum atomic E-state index is 13.0. The summed E-state index contributed by atoms with van der Waals surface area (Å²) >= 11 is 0. The standard InChI is InChI=1S/C26H31N5OS/c1-4-22-5-7-23(8-6-22)19-29-25-14-17-31(18-15-25)33(32)26-11-9-24(10-12-26)30-20-28-16-13-21(2)27-3/h1,5-13,16,25,29-30H,3,14-15,17-20H2,2H3/b21-13-,28-16-. The fraction of sp³-hybridized carbons (Fsp3) is 0.308. The van der Waals surface area contributed by atoms with Gasteiger partial charge in [0.15, 0.2) is 0 Å². The van der Waals surface area contributed by atoms with Crippen LogP contribution in [-0.4, -0.2) is 47.2 Å². The van der Waals surface area contributed by atoms with Gasteiger partial charge in [0.05, 0.1) is 4.90 Å². The summed E-state index contributed by atoms with van der Waals surface area (Å²) in [6.07, 6.45) is 10.9. The van der Waals surface area contributed by atoms with Crippen molar-refractivity contribution in [3.63, 3.8) is 0 Å². The van der Waals surface area contributed by atoms with E-state index < -0.39 is 11.0 Å². The lowest BCUT2D eigenvalue weighted by atomic mass is 10.1. The number of nitrogens with one attached hydrogen (secondary N) is 2. The Balaban J connectivity index is 1.41. The van der Waals surface area contributed by atoms with Gasteiger partial charge in [-0.2, -0.15) is 0 Å². The van der Waals surface area contributed by atoms with Gasteiger partial charge in [0.2, 0.25) is 0 Å². The van der Waals surface area contributed by atoms with Crippen LogP contribution < -0.4 is 10.6 Å². The predicted octanol–water partition coefficient (Wildman–Crippen LogP) is 3.99. The molecule has 0 amide bonds. The van der Waals surface area contributed by atoms with Crippen LogP contribution in [0.2, 0.25) is 0 Å². The third kappa shape index (κ3) is 7.79. The van der Waals surface area contributed by atoms with E-state index in [1.54, 1.807) is 12.3 Å². The van der Waals surface area contributed by atoms with Gasteiger partial charge in [-0.15, -0.1) is 6.42 Å². The van der Waals surface area contributed by atoms with Gasteiger partial charge >= 0.3 is 0 Å². The number of allylic oxidation sites excluding steroid dienone is 2. The summed E-state index contributed by atoms with van der Waals surface area (Å²) in [6, 6.07) is 16.2. The summed E-state index contributed by atoms with van der Waals surface area (Å²) in [6.45, 7) is 8.21. The molecule has 1 heterocycles. The molecule has 0 spiro atoms. The van der Waals surface area contributed by atoms with Crippen LogP contribution in [0.15, 0.2) is 75.2 Å². The van der Waals surface area contributed by atoms with E-state index in [-0.39, 0.29) is 0 Å². The highest BCUT2D eigenvalue weighted by atomic mass is 32.2. The summed E-state index contributed by atoms with van der Waals surface area (Å²) < 4.78 is 15.0. The Morgan fingerprint density at radius 3 is 2.55 bits per heavy atom. The Labute approximate surface area is 199 Å². The highest BCUT2D eigenvalue weighted by molar-refractivity contribution is 7.82. The number of rotatable bonds is 10. The normalized spacial score (nSPS) is 16.4. The number of piperidine rings is 1. The third-order valence-corrected chi connectivity index (χ3v) is 7.01. The number of hydrogen-bond acceptors (Lipinski definition) is 5. The van der Waals surface area contributed by atoms with Crippen molar-refractivity contribution < 1.29 is 4.21 Å². The molecule has 3 rings (SSSR count). The molecule has 2 N–H and O–H groups in total. The van der Waals surface area contributed by atoms with E-state index in [1.165, 1.54) is 5.56 Å². The van der Waals surface area contributed by atoms with Crippen LogP contribution >= 0.6 is 0 Å². The molecule has 1 aliphatic heterocycles. The maximum absolute atomic E-state index is 13.0. The Morgan fingerprint density at radius 2 is 1.91 bits per heavy atom. The summed E-state index contributed by atoms with van der Waals surface area (Å²) in [7, 11) is -1.15. The first-order valence-electron chi connectivity index (χ1n) is 11.0. The lowest BCUT2D eigenvalue weighted by molar-refractivity contribution is 0.299. The molecule has 1 aliphatic rings. The monoisotopic (exact) mass is 461 g/mol. The molecule has 7 heteroatoms. The molecule has 0 aliphatic carbocycles. The van der Waals surface area contributed by atoms with E-state index in [9.17, 15) is 4.21 Å². The summed E-state index contributed by atoms with van der Waals surface area (Å²) in [5, 5.41) is 6.83. The Bertz CT molecular complexity index is 1030. The van der Waals surface area contributed by atoms with Crippen LogP contribution in [0.4, 0.5) is 5.69 Å². The molecular weight excluding hydrogens is 430 g/mol. The number of nitrogens with zero attached hydrogens (tertiary/aromatic N) is 3. The minimum absolute atomic E-state index is 0.429. The fourth-order valence-corrected chi connectivity index (χ4v) is 4.66. The maximum Gasteiger partial charge on any atom is 0.127 e. The van der Waals surface area contributed by atoms with Crippen LogP contribution in [0.3, 0.4) is 0 Å². The molecule has 1 saturated heterocycles. The van der Waals surface area contributed by atoms with E-state index >= 15 is 0 Å². The van der Waals surface area contributed by atoms with Crippen LogP contribution in [0.25, 0.3) is 0 Å². The molecule has 33 heavy (non-hydrogen) atoms. The molecule has 0 saturated carbocycles. The van der Waals surface area contributed by atoms with E-state index in [1.807, 2.05) is 43.3 Å². The summed E-state index contributed by atoms with van der Waals surface area (Å²) in [4.78, 5) is 8.87. The minimum Gasteiger partial charge on any atom is -0.366 e. The van der Waals surface area contributed by atoms with E-state index in [0.717, 1.165) is 54.3 Å². The number of terminal acetylenes is 1. The molecule has 0 bridgehead atoms. The molecule has 6 nitrogen and oxygen atoms in total. The molecule has 1 unspecified atom stereocenters. The van der Waals surface area contributed by atoms with Crippen molar-refractivity contribution in [2.24, 2.45) is 9.98 Å². The Hall–Kier alpha value is -3.05. The van der Waals surface area contributed by atoms with Crippen molar-refractivity contribution in [2.75, 3.05) is 25.1 Å². The van der Waals surface area contributed by atoms with Gasteiger partial charge in [0, 0.05) is 48.8 Å². The lowest BCUT2D eigenvalue weighted by Crippen LogP contribution is -2.42. The third-order valence-electron chi connectivity index (χ3n) is 5.50. The molecule has 1 fully saturated rings. The van der Waals surface area contributed by atoms with E-state index in [4.69, 9.17) is 6.42 Å². The van der Waals surface area contributed by atoms with Crippen LogP contribution in [0, 0.1) is 12.3 Å². The van der Waals surface area contributed by atoms with Crippen molar-refractivity contribution in [1.82, 2.24) is 9.62 Å². The molecule has 2 aromatic carbocycles. The molecule has 1 atom stereocenters. The number of aliphatic imine (C=N–C) groups is 2. The predicted molar refractivity (Wildman–Crippen MR) is 139 cm³/mol. The van der Waals surface area contributed by atoms with Crippen molar-refractivity contribution in [3.05, 3.63) is 71.4 Å². The highest BCUT2D eigenvalue weighted by Crippen LogP contribution is 2.19. The van der Waals surface area contributed by atoms with Crippen molar-refractivity contribution >= 4 is 29.6 Å². The topological polar surface area (TPSA) is 69.1 Å². The largest absolute Gasteiger partial charge is 0.366 e. The number of anilines is 1. The van der Waals surface area contributed by atoms with Gasteiger partial charge in [0.25, 0.3) is 0 Å². The second kappa shape index (κ2) is 12.9. The van der Waals surface area contributed by atoms with E-state index in [0.29, 0.717) is 12.7 Å². The van der Waals surface area contributed by atoms with Crippen molar-refractivity contribution in [1.29, 1.82) is 0 Å². The van der Waals surface area contributed by atoms with Gasteiger partial charge in [-0.05, 0) is 74.5 Å². The first kappa shape index (κ1) is 24.6. The van der Waals surface area contributed by atoms with Gasteiger partial charge in [-0.3, -0.25) is 9.98 Å². The van der Waals surface area contributed by atoms with Gasteiger partial charge in [-0.1, -0.05) is 18.1 Å². The molecule has 0 aromatic heterocycles. The van der Waals surface area contributed by atoms with Gasteiger partial charge in [-0.25, -0.2) is 8.51 Å². The van der Waals surface area contributed by atoms with Crippen LogP contribution in [0.1, 0.15) is 30.9 Å². The average molecular weight is 462 g/mol. The van der Waals surface area contributed by atoms with Gasteiger partial charge < -0.3 is 10.6 Å². The molecule has 2 aromatic rings. The zero-order valence-corrected chi connectivity index (χ0v) is 19.9. The average Bonchev–Trinajstić information content (AvgIpc) is 2.87. The number of benzene rings is 2. The molecule has 0 radical (unpaired) electrons. The Morgan fingerprint density at radius 1 is 1.21 bits per heavy atom. The zero-order chi connectivity index (χ0) is 23.5. The lowest BCUT2D eigenvalue weighted by Gasteiger charge is -2.31. The highest BCUT2D eigenvalue weighted by Gasteiger charge is 2.23. The molecule has 172 valence electrons. The number of hydrogen-bond donors (Lipinski definition) is 2. The second-order valence-electron chi connectivity index (χ2n) is 7.83. The minimum atomic E-state index is -1.15. The van der Waals surface area contributed by atoms with Gasteiger partial charge in [0.1, 0.15) is 17.7 Å². The zero-order valence-electron chi connectivity index (χ0n) is 19.0. The van der Waals surface area contributed by atoms with Crippen LogP contribution in [0.5, 0.6) is 0 Å². The fourth-order valence-electron chi connectivity index (χ4n) is 3.45. The summed E-state index contributed by atoms with van der Waals surface area (Å²) in [5.41, 5.74) is 3.88. The summed E-state index contributed by atoms with van der Waals surface area (Å²) in [5.74, 6) is 2.64.